The molecule has 1 amide bonds. The summed E-state index contributed by atoms with van der Waals surface area (Å²) in [6.07, 6.45) is 1.46. The van der Waals surface area contributed by atoms with Crippen LogP contribution in [0.25, 0.3) is 5.76 Å². The number of aliphatic hydroxyl groups excluding tert-OH is 1. The minimum atomic E-state index is -0.943. The van der Waals surface area contributed by atoms with Gasteiger partial charge in [-0.25, -0.2) is 0 Å². The quantitative estimate of drug-likeness (QED) is 0.284. The topological polar surface area (TPSA) is 80.0 Å². The molecule has 170 valence electrons. The van der Waals surface area contributed by atoms with Gasteiger partial charge in [0.2, 0.25) is 0 Å². The first-order valence-corrected chi connectivity index (χ1v) is 10.9. The highest BCUT2D eigenvalue weighted by Crippen LogP contribution is 2.44. The van der Waals surface area contributed by atoms with Gasteiger partial charge in [-0.15, -0.1) is 0 Å². The predicted molar refractivity (Wildman–Crippen MR) is 127 cm³/mol. The molecule has 2 aromatic carbocycles. The molecule has 0 spiro atoms. The number of furan rings is 1. The molecule has 3 aromatic rings. The Hall–Kier alpha value is -3.51. The summed E-state index contributed by atoms with van der Waals surface area (Å²) in [6.45, 7) is 5.83. The third-order valence-corrected chi connectivity index (χ3v) is 6.05. The summed E-state index contributed by atoms with van der Waals surface area (Å²) in [6, 6.07) is 12.7. The maximum absolute atomic E-state index is 13.2. The van der Waals surface area contributed by atoms with Crippen LogP contribution in [0.4, 0.5) is 5.69 Å². The normalized spacial score (nSPS) is 17.8. The van der Waals surface area contributed by atoms with E-state index in [1.54, 1.807) is 55.6 Å². The fourth-order valence-corrected chi connectivity index (χ4v) is 4.29. The van der Waals surface area contributed by atoms with E-state index < -0.39 is 17.7 Å². The second kappa shape index (κ2) is 8.79. The van der Waals surface area contributed by atoms with Gasteiger partial charge in [0, 0.05) is 16.3 Å². The highest BCUT2D eigenvalue weighted by Gasteiger charge is 2.48. The molecule has 2 heterocycles. The molecule has 1 unspecified atom stereocenters. The average Bonchev–Trinajstić information content (AvgIpc) is 3.41. The minimum absolute atomic E-state index is 0.0470. The number of halogens is 1. The first-order chi connectivity index (χ1) is 15.7. The van der Waals surface area contributed by atoms with Crippen molar-refractivity contribution in [2.45, 2.75) is 32.7 Å². The molecule has 1 atom stereocenters. The van der Waals surface area contributed by atoms with E-state index in [1.807, 2.05) is 20.8 Å². The number of carbonyl (C=O) groups excluding carboxylic acids is 2. The zero-order valence-electron chi connectivity index (χ0n) is 18.8. The fourth-order valence-electron chi connectivity index (χ4n) is 4.13. The SMILES string of the molecule is COc1ccc(/C(O)=C2/C(=O)C(=O)N(c3cc(Cl)ccc3C)C2c2ccco2)cc1C(C)C. The molecular formula is C26H24ClNO5. The summed E-state index contributed by atoms with van der Waals surface area (Å²) < 4.78 is 11.0. The molecule has 0 aliphatic carbocycles. The number of amides is 1. The third kappa shape index (κ3) is 3.91. The highest BCUT2D eigenvalue weighted by molar-refractivity contribution is 6.51. The maximum Gasteiger partial charge on any atom is 0.300 e. The number of methoxy groups -OCH3 is 1. The first-order valence-electron chi connectivity index (χ1n) is 10.5. The summed E-state index contributed by atoms with van der Waals surface area (Å²) in [5.74, 6) is -0.686. The second-order valence-corrected chi connectivity index (χ2v) is 8.66. The van der Waals surface area contributed by atoms with E-state index in [9.17, 15) is 14.7 Å². The van der Waals surface area contributed by atoms with E-state index in [-0.39, 0.29) is 17.3 Å². The molecule has 1 saturated heterocycles. The summed E-state index contributed by atoms with van der Waals surface area (Å²) in [4.78, 5) is 27.8. The summed E-state index contributed by atoms with van der Waals surface area (Å²) in [5.41, 5.74) is 2.47. The number of aliphatic hydroxyl groups is 1. The van der Waals surface area contributed by atoms with Crippen LogP contribution in [-0.4, -0.2) is 23.9 Å². The lowest BCUT2D eigenvalue weighted by atomic mass is 9.95. The molecule has 1 N–H and O–H groups in total. The number of hydrogen-bond acceptors (Lipinski definition) is 5. The van der Waals surface area contributed by atoms with Gasteiger partial charge in [-0.2, -0.15) is 0 Å². The zero-order chi connectivity index (χ0) is 23.9. The molecule has 0 bridgehead atoms. The van der Waals surface area contributed by atoms with E-state index in [4.69, 9.17) is 20.8 Å². The molecule has 7 heteroatoms. The van der Waals surface area contributed by atoms with Crippen LogP contribution in [0.3, 0.4) is 0 Å². The van der Waals surface area contributed by atoms with Crippen molar-refractivity contribution in [2.75, 3.05) is 12.0 Å². The van der Waals surface area contributed by atoms with Gasteiger partial charge >= 0.3 is 0 Å². The van der Waals surface area contributed by atoms with Gasteiger partial charge in [0.1, 0.15) is 23.3 Å². The van der Waals surface area contributed by atoms with Crippen LogP contribution in [0.1, 0.15) is 48.3 Å². The lowest BCUT2D eigenvalue weighted by Crippen LogP contribution is -2.30. The Balaban J connectivity index is 1.95. The smallest absolute Gasteiger partial charge is 0.300 e. The number of rotatable bonds is 5. The van der Waals surface area contributed by atoms with Gasteiger partial charge in [-0.3, -0.25) is 14.5 Å². The van der Waals surface area contributed by atoms with Crippen LogP contribution in [0, 0.1) is 6.92 Å². The number of nitrogens with zero attached hydrogens (tertiary/aromatic N) is 1. The number of carbonyl (C=O) groups is 2. The van der Waals surface area contributed by atoms with Crippen molar-refractivity contribution in [3.8, 4) is 5.75 Å². The van der Waals surface area contributed by atoms with Crippen LogP contribution in [-0.2, 0) is 9.59 Å². The van der Waals surface area contributed by atoms with Crippen LogP contribution < -0.4 is 9.64 Å². The van der Waals surface area contributed by atoms with Gasteiger partial charge in [0.05, 0.1) is 18.9 Å². The molecule has 0 radical (unpaired) electrons. The van der Waals surface area contributed by atoms with E-state index in [2.05, 4.69) is 0 Å². The highest BCUT2D eigenvalue weighted by atomic mass is 35.5. The van der Waals surface area contributed by atoms with E-state index in [1.165, 1.54) is 11.2 Å². The van der Waals surface area contributed by atoms with Crippen molar-refractivity contribution >= 4 is 34.7 Å². The third-order valence-electron chi connectivity index (χ3n) is 5.81. The van der Waals surface area contributed by atoms with Crippen molar-refractivity contribution < 1.29 is 23.8 Å². The van der Waals surface area contributed by atoms with Gasteiger partial charge < -0.3 is 14.3 Å². The Bertz CT molecular complexity index is 1260. The van der Waals surface area contributed by atoms with Crippen LogP contribution in [0.5, 0.6) is 5.75 Å². The molecule has 1 fully saturated rings. The van der Waals surface area contributed by atoms with Gasteiger partial charge in [-0.1, -0.05) is 31.5 Å². The largest absolute Gasteiger partial charge is 0.507 e. The molecule has 0 saturated carbocycles. The van der Waals surface area contributed by atoms with Crippen LogP contribution in [0.15, 0.2) is 64.8 Å². The van der Waals surface area contributed by atoms with Gasteiger partial charge in [0.25, 0.3) is 11.7 Å². The number of ketones is 1. The van der Waals surface area contributed by atoms with Crippen molar-refractivity contribution in [3.63, 3.8) is 0 Å². The number of aryl methyl sites for hydroxylation is 1. The number of hydrogen-bond donors (Lipinski definition) is 1. The van der Waals surface area contributed by atoms with Crippen molar-refractivity contribution in [3.05, 3.63) is 87.8 Å². The zero-order valence-corrected chi connectivity index (χ0v) is 19.5. The van der Waals surface area contributed by atoms with Crippen molar-refractivity contribution in [2.24, 2.45) is 0 Å². The summed E-state index contributed by atoms with van der Waals surface area (Å²) >= 11 is 6.20. The molecule has 1 aromatic heterocycles. The fraction of sp³-hybridized carbons (Fsp3) is 0.231. The number of Topliss-reactive ketones (excluding diaryl/α,β-unsaturated/α-hetero) is 1. The molecule has 6 nitrogen and oxygen atoms in total. The van der Waals surface area contributed by atoms with Gasteiger partial charge in [-0.05, 0) is 66.4 Å². The van der Waals surface area contributed by atoms with Crippen molar-refractivity contribution in [1.82, 2.24) is 0 Å². The second-order valence-electron chi connectivity index (χ2n) is 8.23. The Morgan fingerprint density at radius 2 is 1.91 bits per heavy atom. The Morgan fingerprint density at radius 1 is 1.15 bits per heavy atom. The molecule has 4 rings (SSSR count). The number of benzene rings is 2. The van der Waals surface area contributed by atoms with Crippen LogP contribution in [0.2, 0.25) is 5.02 Å². The number of anilines is 1. The predicted octanol–water partition coefficient (Wildman–Crippen LogP) is 6.00. The monoisotopic (exact) mass is 465 g/mol. The average molecular weight is 466 g/mol. The standard InChI is InChI=1S/C26H24ClNO5/c1-14(2)18-12-16(8-10-20(18)32-4)24(29)22-23(21-6-5-11-33-21)28(26(31)25(22)30)19-13-17(27)9-7-15(19)3/h5-14,23,29H,1-4H3/b24-22-. The van der Waals surface area contributed by atoms with Gasteiger partial charge in [0.15, 0.2) is 0 Å². The van der Waals surface area contributed by atoms with Crippen molar-refractivity contribution in [1.29, 1.82) is 0 Å². The summed E-state index contributed by atoms with van der Waals surface area (Å²) in [5, 5.41) is 11.7. The molecule has 1 aliphatic rings. The first kappa shape index (κ1) is 22.7. The summed E-state index contributed by atoms with van der Waals surface area (Å²) in [7, 11) is 1.58. The number of ether oxygens (including phenoxy) is 1. The molecule has 33 heavy (non-hydrogen) atoms. The van der Waals surface area contributed by atoms with E-state index in [0.717, 1.165) is 11.1 Å². The van der Waals surface area contributed by atoms with E-state index in [0.29, 0.717) is 27.8 Å². The Kier molecular flexibility index (Phi) is 6.04. The maximum atomic E-state index is 13.2. The minimum Gasteiger partial charge on any atom is -0.507 e. The van der Waals surface area contributed by atoms with E-state index >= 15 is 0 Å². The lowest BCUT2D eigenvalue weighted by molar-refractivity contribution is -0.132. The Morgan fingerprint density at radius 3 is 2.55 bits per heavy atom. The van der Waals surface area contributed by atoms with Crippen LogP contribution >= 0.6 is 11.6 Å². The Labute approximate surface area is 197 Å². The molecule has 1 aliphatic heterocycles. The molecular weight excluding hydrogens is 442 g/mol. The lowest BCUT2D eigenvalue weighted by Gasteiger charge is -2.25.